The van der Waals surface area contributed by atoms with Crippen molar-refractivity contribution in [2.24, 2.45) is 0 Å². The Labute approximate surface area is 119 Å². The van der Waals surface area contributed by atoms with E-state index in [0.717, 1.165) is 12.8 Å². The number of benzene rings is 1. The summed E-state index contributed by atoms with van der Waals surface area (Å²) in [6.45, 7) is 4.77. The Hall–Kier alpha value is -1.75. The summed E-state index contributed by atoms with van der Waals surface area (Å²) in [6.07, 6.45) is 1.66. The van der Waals surface area contributed by atoms with Crippen LogP contribution in [0.2, 0.25) is 0 Å². The fourth-order valence-corrected chi connectivity index (χ4v) is 2.34. The molecular weight excluding hydrogens is 256 g/mol. The van der Waals surface area contributed by atoms with Gasteiger partial charge in [0, 0.05) is 18.3 Å². The maximum Gasteiger partial charge on any atom is 0.258 e. The van der Waals surface area contributed by atoms with E-state index in [1.54, 1.807) is 24.3 Å². The smallest absolute Gasteiger partial charge is 0.258 e. The lowest BCUT2D eigenvalue weighted by Crippen LogP contribution is -2.47. The van der Waals surface area contributed by atoms with Crippen molar-refractivity contribution in [3.8, 4) is 5.75 Å². The predicted octanol–water partition coefficient (Wildman–Crippen LogP) is 1.72. The van der Waals surface area contributed by atoms with Gasteiger partial charge in [-0.2, -0.15) is 0 Å². The summed E-state index contributed by atoms with van der Waals surface area (Å²) in [5, 5.41) is 2.99. The fourth-order valence-electron chi connectivity index (χ4n) is 2.34. The Kier molecular flexibility index (Phi) is 4.49. The summed E-state index contributed by atoms with van der Waals surface area (Å²) < 4.78 is 11.0. The molecule has 2 rings (SSSR count). The Balaban J connectivity index is 1.76. The van der Waals surface area contributed by atoms with Crippen molar-refractivity contribution in [1.82, 2.24) is 5.32 Å². The van der Waals surface area contributed by atoms with Gasteiger partial charge >= 0.3 is 0 Å². The summed E-state index contributed by atoms with van der Waals surface area (Å²) in [5.74, 6) is 0.534. The van der Waals surface area contributed by atoms with Crippen molar-refractivity contribution in [3.05, 3.63) is 24.3 Å². The van der Waals surface area contributed by atoms with Crippen LogP contribution in [-0.2, 0) is 9.53 Å². The molecule has 1 heterocycles. The highest BCUT2D eigenvalue weighted by Gasteiger charge is 2.29. The first-order chi connectivity index (χ1) is 9.44. The molecule has 1 aliphatic rings. The van der Waals surface area contributed by atoms with Gasteiger partial charge in [-0.05, 0) is 51.0 Å². The maximum absolute atomic E-state index is 11.9. The molecule has 1 fully saturated rings. The van der Waals surface area contributed by atoms with Crippen LogP contribution in [0.25, 0.3) is 0 Å². The molecule has 110 valence electrons. The topological polar surface area (TPSA) is 73.6 Å². The van der Waals surface area contributed by atoms with Crippen LogP contribution in [0, 0.1) is 0 Å². The molecule has 0 saturated carbocycles. The predicted molar refractivity (Wildman–Crippen MR) is 77.5 cm³/mol. The van der Waals surface area contributed by atoms with E-state index < -0.39 is 0 Å². The van der Waals surface area contributed by atoms with Crippen molar-refractivity contribution in [2.75, 3.05) is 18.9 Å². The average Bonchev–Trinajstić information content (AvgIpc) is 2.37. The van der Waals surface area contributed by atoms with Gasteiger partial charge in [-0.3, -0.25) is 4.79 Å². The molecule has 1 aromatic rings. The Bertz CT molecular complexity index is 457. The molecule has 0 spiro atoms. The van der Waals surface area contributed by atoms with Gasteiger partial charge in [0.1, 0.15) is 5.75 Å². The first-order valence-electron chi connectivity index (χ1n) is 6.86. The van der Waals surface area contributed by atoms with Crippen LogP contribution < -0.4 is 15.8 Å². The third-order valence-corrected chi connectivity index (χ3v) is 3.31. The molecule has 1 unspecified atom stereocenters. The van der Waals surface area contributed by atoms with Gasteiger partial charge in [0.15, 0.2) is 6.61 Å². The summed E-state index contributed by atoms with van der Waals surface area (Å²) in [7, 11) is 0. The van der Waals surface area contributed by atoms with Crippen LogP contribution in [0.5, 0.6) is 5.75 Å². The van der Waals surface area contributed by atoms with Gasteiger partial charge in [0.05, 0.1) is 5.60 Å². The number of hydrogen-bond donors (Lipinski definition) is 2. The summed E-state index contributed by atoms with van der Waals surface area (Å²) in [5.41, 5.74) is 6.08. The van der Waals surface area contributed by atoms with Gasteiger partial charge in [-0.1, -0.05) is 0 Å². The van der Waals surface area contributed by atoms with Crippen LogP contribution in [0.1, 0.15) is 26.7 Å². The van der Waals surface area contributed by atoms with Gasteiger partial charge in [0.2, 0.25) is 0 Å². The third-order valence-electron chi connectivity index (χ3n) is 3.31. The van der Waals surface area contributed by atoms with E-state index >= 15 is 0 Å². The van der Waals surface area contributed by atoms with Gasteiger partial charge in [-0.15, -0.1) is 0 Å². The number of rotatable bonds is 4. The van der Waals surface area contributed by atoms with E-state index in [1.807, 2.05) is 13.8 Å². The minimum Gasteiger partial charge on any atom is -0.484 e. The highest BCUT2D eigenvalue weighted by Crippen LogP contribution is 2.23. The summed E-state index contributed by atoms with van der Waals surface area (Å²) >= 11 is 0. The van der Waals surface area contributed by atoms with Gasteiger partial charge in [-0.25, -0.2) is 0 Å². The third kappa shape index (κ3) is 4.42. The molecule has 5 heteroatoms. The van der Waals surface area contributed by atoms with Crippen LogP contribution in [0.3, 0.4) is 0 Å². The van der Waals surface area contributed by atoms with Crippen LogP contribution in [0.15, 0.2) is 24.3 Å². The van der Waals surface area contributed by atoms with E-state index in [1.165, 1.54) is 0 Å². The van der Waals surface area contributed by atoms with E-state index in [0.29, 0.717) is 18.0 Å². The molecular formula is C15H22N2O3. The normalized spacial score (nSPS) is 21.2. The summed E-state index contributed by atoms with van der Waals surface area (Å²) in [6, 6.07) is 7.14. The molecule has 1 aliphatic heterocycles. The summed E-state index contributed by atoms with van der Waals surface area (Å²) in [4.78, 5) is 11.9. The average molecular weight is 278 g/mol. The van der Waals surface area contributed by atoms with Crippen molar-refractivity contribution in [1.29, 1.82) is 0 Å². The van der Waals surface area contributed by atoms with Gasteiger partial charge < -0.3 is 20.5 Å². The van der Waals surface area contributed by atoms with Crippen LogP contribution in [-0.4, -0.2) is 30.8 Å². The number of carbonyl (C=O) groups is 1. The Morgan fingerprint density at radius 3 is 2.80 bits per heavy atom. The maximum atomic E-state index is 11.9. The van der Waals surface area contributed by atoms with Crippen LogP contribution in [0.4, 0.5) is 5.69 Å². The number of nitrogen functional groups attached to an aromatic ring is 1. The lowest BCUT2D eigenvalue weighted by molar-refractivity contribution is -0.126. The van der Waals surface area contributed by atoms with Crippen molar-refractivity contribution < 1.29 is 14.3 Å². The zero-order chi connectivity index (χ0) is 14.6. The minimum absolute atomic E-state index is 0.0156. The van der Waals surface area contributed by atoms with E-state index in [-0.39, 0.29) is 24.2 Å². The lowest BCUT2D eigenvalue weighted by atomic mass is 9.94. The first kappa shape index (κ1) is 14.7. The highest BCUT2D eigenvalue weighted by atomic mass is 16.5. The number of nitrogens with one attached hydrogen (secondary N) is 1. The Morgan fingerprint density at radius 1 is 1.45 bits per heavy atom. The fraction of sp³-hybridized carbons (Fsp3) is 0.533. The zero-order valence-electron chi connectivity index (χ0n) is 12.0. The number of anilines is 1. The standard InChI is InChI=1S/C15H22N2O3/c1-15(2)9-12(7-8-20-15)17-14(18)10-19-13-5-3-11(16)4-6-13/h3-6,12H,7-10,16H2,1-2H3,(H,17,18). The highest BCUT2D eigenvalue weighted by molar-refractivity contribution is 5.77. The van der Waals surface area contributed by atoms with E-state index in [9.17, 15) is 4.79 Å². The molecule has 20 heavy (non-hydrogen) atoms. The largest absolute Gasteiger partial charge is 0.484 e. The second-order valence-electron chi connectivity index (χ2n) is 5.72. The lowest BCUT2D eigenvalue weighted by Gasteiger charge is -2.35. The number of nitrogens with two attached hydrogens (primary N) is 1. The SMILES string of the molecule is CC1(C)CC(NC(=O)COc2ccc(N)cc2)CCO1. The van der Waals surface area contributed by atoms with Crippen molar-refractivity contribution >= 4 is 11.6 Å². The molecule has 3 N–H and O–H groups in total. The number of ether oxygens (including phenoxy) is 2. The first-order valence-corrected chi connectivity index (χ1v) is 6.86. The monoisotopic (exact) mass is 278 g/mol. The Morgan fingerprint density at radius 2 is 2.15 bits per heavy atom. The second-order valence-corrected chi connectivity index (χ2v) is 5.72. The molecule has 0 radical (unpaired) electrons. The van der Waals surface area contributed by atoms with Crippen LogP contribution >= 0.6 is 0 Å². The quantitative estimate of drug-likeness (QED) is 0.822. The second kappa shape index (κ2) is 6.13. The van der Waals surface area contributed by atoms with E-state index in [2.05, 4.69) is 5.32 Å². The molecule has 0 aromatic heterocycles. The molecule has 1 saturated heterocycles. The minimum atomic E-state index is -0.173. The van der Waals surface area contributed by atoms with E-state index in [4.69, 9.17) is 15.2 Å². The van der Waals surface area contributed by atoms with Crippen molar-refractivity contribution in [3.63, 3.8) is 0 Å². The molecule has 1 aromatic carbocycles. The molecule has 0 bridgehead atoms. The number of amides is 1. The molecule has 1 atom stereocenters. The molecule has 0 aliphatic carbocycles. The number of hydrogen-bond acceptors (Lipinski definition) is 4. The van der Waals surface area contributed by atoms with Gasteiger partial charge in [0.25, 0.3) is 5.91 Å². The van der Waals surface area contributed by atoms with Crippen molar-refractivity contribution in [2.45, 2.75) is 38.3 Å². The zero-order valence-corrected chi connectivity index (χ0v) is 12.0. The molecule has 5 nitrogen and oxygen atoms in total. The number of carbonyl (C=O) groups excluding carboxylic acids is 1. The molecule has 1 amide bonds.